The van der Waals surface area contributed by atoms with Gasteiger partial charge < -0.3 is 20.1 Å². The zero-order chi connectivity index (χ0) is 14.5. The zero-order valence-corrected chi connectivity index (χ0v) is 12.7. The zero-order valence-electron chi connectivity index (χ0n) is 12.7. The third kappa shape index (κ3) is 4.99. The van der Waals surface area contributed by atoms with Crippen molar-refractivity contribution >= 4 is 5.69 Å². The van der Waals surface area contributed by atoms with Crippen molar-refractivity contribution < 1.29 is 9.47 Å². The molecule has 1 aromatic carbocycles. The molecule has 108 valence electrons. The fourth-order valence-corrected chi connectivity index (χ4v) is 1.99. The van der Waals surface area contributed by atoms with Crippen LogP contribution in [0.4, 0.5) is 5.69 Å². The van der Waals surface area contributed by atoms with E-state index >= 15 is 0 Å². The fraction of sp³-hybridized carbons (Fsp3) is 0.600. The summed E-state index contributed by atoms with van der Waals surface area (Å²) in [6, 6.07) is 5.82. The average molecular weight is 266 g/mol. The number of methoxy groups -OCH3 is 2. The van der Waals surface area contributed by atoms with Crippen LogP contribution in [0.3, 0.4) is 0 Å². The Balaban J connectivity index is 2.72. The first-order valence-corrected chi connectivity index (χ1v) is 6.59. The topological polar surface area (TPSA) is 47.7 Å². The maximum absolute atomic E-state index is 6.00. The molecule has 4 nitrogen and oxygen atoms in total. The van der Waals surface area contributed by atoms with Gasteiger partial charge in [-0.3, -0.25) is 0 Å². The third-order valence-electron chi connectivity index (χ3n) is 3.11. The first-order chi connectivity index (χ1) is 8.87. The lowest BCUT2D eigenvalue weighted by Gasteiger charge is -2.24. The highest BCUT2D eigenvalue weighted by molar-refractivity contribution is 5.61. The molecule has 2 N–H and O–H groups in total. The van der Waals surface area contributed by atoms with Crippen LogP contribution in [0.5, 0.6) is 11.5 Å². The molecule has 0 saturated heterocycles. The van der Waals surface area contributed by atoms with E-state index in [4.69, 9.17) is 15.2 Å². The Kier molecular flexibility index (Phi) is 5.48. The minimum Gasteiger partial charge on any atom is -0.497 e. The van der Waals surface area contributed by atoms with E-state index in [-0.39, 0.29) is 5.54 Å². The number of hydrogen-bond acceptors (Lipinski definition) is 4. The van der Waals surface area contributed by atoms with E-state index < -0.39 is 0 Å². The van der Waals surface area contributed by atoms with Gasteiger partial charge in [0.1, 0.15) is 11.5 Å². The second-order valence-corrected chi connectivity index (χ2v) is 5.55. The summed E-state index contributed by atoms with van der Waals surface area (Å²) >= 11 is 0. The molecule has 0 atom stereocenters. The molecule has 0 spiro atoms. The molecular weight excluding hydrogens is 240 g/mol. The molecule has 0 unspecified atom stereocenters. The molecule has 0 aliphatic rings. The minimum atomic E-state index is -0.112. The van der Waals surface area contributed by atoms with Gasteiger partial charge in [-0.15, -0.1) is 0 Å². The molecule has 0 aliphatic carbocycles. The van der Waals surface area contributed by atoms with Gasteiger partial charge in [-0.2, -0.15) is 0 Å². The van der Waals surface area contributed by atoms with Gasteiger partial charge in [0.2, 0.25) is 0 Å². The van der Waals surface area contributed by atoms with Crippen LogP contribution in [-0.4, -0.2) is 33.4 Å². The number of nitrogens with two attached hydrogens (primary N) is 1. The van der Waals surface area contributed by atoms with Crippen LogP contribution in [0.2, 0.25) is 0 Å². The van der Waals surface area contributed by atoms with E-state index in [2.05, 4.69) is 25.8 Å². The summed E-state index contributed by atoms with van der Waals surface area (Å²) in [4.78, 5) is 2.17. The Morgan fingerprint density at radius 1 is 1.21 bits per heavy atom. The van der Waals surface area contributed by atoms with Gasteiger partial charge in [0, 0.05) is 25.2 Å². The first kappa shape index (κ1) is 15.6. The number of anilines is 1. The van der Waals surface area contributed by atoms with Crippen molar-refractivity contribution in [2.75, 3.05) is 32.7 Å². The molecule has 4 heteroatoms. The maximum atomic E-state index is 6.00. The van der Waals surface area contributed by atoms with Crippen molar-refractivity contribution in [3.8, 4) is 11.5 Å². The molecular formula is C15H26N2O2. The van der Waals surface area contributed by atoms with Crippen LogP contribution >= 0.6 is 0 Å². The maximum Gasteiger partial charge on any atom is 0.142 e. The SMILES string of the molecule is COc1ccc(OC)c(N(C)CCCC(C)(C)N)c1. The van der Waals surface area contributed by atoms with E-state index in [0.29, 0.717) is 0 Å². The predicted octanol–water partition coefficient (Wildman–Crippen LogP) is 2.66. The summed E-state index contributed by atoms with van der Waals surface area (Å²) in [6.45, 7) is 5.04. The molecule has 19 heavy (non-hydrogen) atoms. The second kappa shape index (κ2) is 6.66. The largest absolute Gasteiger partial charge is 0.497 e. The summed E-state index contributed by atoms with van der Waals surface area (Å²) in [5, 5.41) is 0. The number of hydrogen-bond donors (Lipinski definition) is 1. The third-order valence-corrected chi connectivity index (χ3v) is 3.11. The lowest BCUT2D eigenvalue weighted by atomic mass is 10.00. The summed E-state index contributed by atoms with van der Waals surface area (Å²) in [5.41, 5.74) is 6.93. The summed E-state index contributed by atoms with van der Waals surface area (Å²) in [5.74, 6) is 1.69. The van der Waals surface area contributed by atoms with Crippen LogP contribution in [0, 0.1) is 0 Å². The number of benzene rings is 1. The molecule has 0 fully saturated rings. The smallest absolute Gasteiger partial charge is 0.142 e. The van der Waals surface area contributed by atoms with Gasteiger partial charge in [-0.25, -0.2) is 0 Å². The van der Waals surface area contributed by atoms with Crippen LogP contribution in [-0.2, 0) is 0 Å². The summed E-state index contributed by atoms with van der Waals surface area (Å²) < 4.78 is 10.7. The lowest BCUT2D eigenvalue weighted by molar-refractivity contribution is 0.402. The van der Waals surface area contributed by atoms with E-state index in [1.165, 1.54) is 0 Å². The normalized spacial score (nSPS) is 11.3. The molecule has 0 heterocycles. The Bertz CT molecular complexity index is 400. The lowest BCUT2D eigenvalue weighted by Crippen LogP contribution is -2.33. The molecule has 0 radical (unpaired) electrons. The number of rotatable bonds is 7. The molecule has 0 aliphatic heterocycles. The van der Waals surface area contributed by atoms with Crippen LogP contribution in [0.25, 0.3) is 0 Å². The summed E-state index contributed by atoms with van der Waals surface area (Å²) in [6.07, 6.45) is 2.03. The van der Waals surface area contributed by atoms with Gasteiger partial charge in [-0.05, 0) is 38.8 Å². The van der Waals surface area contributed by atoms with Crippen molar-refractivity contribution in [2.24, 2.45) is 5.73 Å². The van der Waals surface area contributed by atoms with Gasteiger partial charge in [-0.1, -0.05) is 0 Å². The highest BCUT2D eigenvalue weighted by Gasteiger charge is 2.13. The van der Waals surface area contributed by atoms with Crippen molar-refractivity contribution in [2.45, 2.75) is 32.2 Å². The highest BCUT2D eigenvalue weighted by atomic mass is 16.5. The molecule has 1 rings (SSSR count). The number of nitrogens with zero attached hydrogens (tertiary/aromatic N) is 1. The molecule has 0 amide bonds. The van der Waals surface area contributed by atoms with Gasteiger partial charge in [0.15, 0.2) is 0 Å². The van der Waals surface area contributed by atoms with Gasteiger partial charge in [0.25, 0.3) is 0 Å². The Morgan fingerprint density at radius 3 is 2.42 bits per heavy atom. The van der Waals surface area contributed by atoms with E-state index in [9.17, 15) is 0 Å². The van der Waals surface area contributed by atoms with Gasteiger partial charge >= 0.3 is 0 Å². The molecule has 0 bridgehead atoms. The Morgan fingerprint density at radius 2 is 1.89 bits per heavy atom. The highest BCUT2D eigenvalue weighted by Crippen LogP contribution is 2.31. The second-order valence-electron chi connectivity index (χ2n) is 5.55. The first-order valence-electron chi connectivity index (χ1n) is 6.59. The summed E-state index contributed by atoms with van der Waals surface area (Å²) in [7, 11) is 5.41. The van der Waals surface area contributed by atoms with Crippen molar-refractivity contribution in [3.05, 3.63) is 18.2 Å². The van der Waals surface area contributed by atoms with Crippen molar-refractivity contribution in [1.29, 1.82) is 0 Å². The number of ether oxygens (including phenoxy) is 2. The molecule has 0 aromatic heterocycles. The average Bonchev–Trinajstić information content (AvgIpc) is 2.36. The minimum absolute atomic E-state index is 0.112. The van der Waals surface area contributed by atoms with Crippen LogP contribution in [0.15, 0.2) is 18.2 Å². The standard InChI is InChI=1S/C15H26N2O2/c1-15(2,16)9-6-10-17(3)13-11-12(18-4)7-8-14(13)19-5/h7-8,11H,6,9-10,16H2,1-5H3. The van der Waals surface area contributed by atoms with Crippen molar-refractivity contribution in [1.82, 2.24) is 0 Å². The van der Waals surface area contributed by atoms with E-state index in [1.807, 2.05) is 18.2 Å². The fourth-order valence-electron chi connectivity index (χ4n) is 1.99. The van der Waals surface area contributed by atoms with Crippen LogP contribution < -0.4 is 20.1 Å². The van der Waals surface area contributed by atoms with E-state index in [1.54, 1.807) is 14.2 Å². The quantitative estimate of drug-likeness (QED) is 0.824. The predicted molar refractivity (Wildman–Crippen MR) is 80.3 cm³/mol. The van der Waals surface area contributed by atoms with E-state index in [0.717, 1.165) is 36.6 Å². The molecule has 1 aromatic rings. The Labute approximate surface area is 116 Å². The van der Waals surface area contributed by atoms with Gasteiger partial charge in [0.05, 0.1) is 19.9 Å². The van der Waals surface area contributed by atoms with Crippen molar-refractivity contribution in [3.63, 3.8) is 0 Å². The monoisotopic (exact) mass is 266 g/mol. The molecule has 0 saturated carbocycles. The van der Waals surface area contributed by atoms with Crippen LogP contribution in [0.1, 0.15) is 26.7 Å². The Hall–Kier alpha value is -1.42.